The zero-order valence-corrected chi connectivity index (χ0v) is 12.0. The lowest BCUT2D eigenvalue weighted by molar-refractivity contribution is -0.130. The van der Waals surface area contributed by atoms with Crippen LogP contribution in [-0.2, 0) is 11.3 Å². The molecule has 0 saturated heterocycles. The second-order valence-corrected chi connectivity index (χ2v) is 5.83. The molecule has 1 aromatic heterocycles. The number of hydrogen-bond acceptors (Lipinski definition) is 2. The highest BCUT2D eigenvalue weighted by atomic mass is 79.9. The maximum Gasteiger partial charge on any atom is 0.241 e. The average Bonchev–Trinajstić information content (AvgIpc) is 2.72. The van der Waals surface area contributed by atoms with Gasteiger partial charge in [-0.1, -0.05) is 22.0 Å². The number of carbonyl (C=O) groups excluding carboxylic acids is 1. The van der Waals surface area contributed by atoms with Crippen molar-refractivity contribution < 1.29 is 4.79 Å². The topological polar surface area (TPSA) is 60.0 Å². The monoisotopic (exact) mass is 309 g/mol. The highest BCUT2D eigenvalue weighted by Gasteiger charge is 2.27. The SMILES string of the molecule is CC(C)(Cn1ccc2c(Br)cccc21)C(=O)NN. The van der Waals surface area contributed by atoms with Crippen molar-refractivity contribution in [3.63, 3.8) is 0 Å². The minimum absolute atomic E-state index is 0.167. The Hall–Kier alpha value is -1.33. The van der Waals surface area contributed by atoms with Gasteiger partial charge in [-0.3, -0.25) is 10.2 Å². The molecule has 1 amide bonds. The van der Waals surface area contributed by atoms with Crippen LogP contribution < -0.4 is 11.3 Å². The molecule has 4 nitrogen and oxygen atoms in total. The standard InChI is InChI=1S/C13H16BrN3O/c1-13(2,12(18)16-15)8-17-7-6-9-10(14)4-3-5-11(9)17/h3-7H,8,15H2,1-2H3,(H,16,18). The normalized spacial score (nSPS) is 11.8. The van der Waals surface area contributed by atoms with Crippen LogP contribution in [0.3, 0.4) is 0 Å². The van der Waals surface area contributed by atoms with E-state index >= 15 is 0 Å². The van der Waals surface area contributed by atoms with E-state index in [1.54, 1.807) is 0 Å². The van der Waals surface area contributed by atoms with E-state index in [1.807, 2.05) is 44.3 Å². The Morgan fingerprint density at radius 3 is 2.83 bits per heavy atom. The number of fused-ring (bicyclic) bond motifs is 1. The lowest BCUT2D eigenvalue weighted by atomic mass is 9.92. The number of carbonyl (C=O) groups is 1. The third kappa shape index (κ3) is 2.28. The summed E-state index contributed by atoms with van der Waals surface area (Å²) in [6.45, 7) is 4.33. The van der Waals surface area contributed by atoms with Crippen molar-refractivity contribution in [1.29, 1.82) is 0 Å². The summed E-state index contributed by atoms with van der Waals surface area (Å²) in [5.74, 6) is 5.04. The lowest BCUT2D eigenvalue weighted by Gasteiger charge is -2.23. The number of hydrogen-bond donors (Lipinski definition) is 2. The Kier molecular flexibility index (Phi) is 3.45. The third-order valence-electron chi connectivity index (χ3n) is 3.07. The van der Waals surface area contributed by atoms with Crippen molar-refractivity contribution >= 4 is 32.7 Å². The Morgan fingerprint density at radius 1 is 1.44 bits per heavy atom. The summed E-state index contributed by atoms with van der Waals surface area (Å²) < 4.78 is 3.12. The van der Waals surface area contributed by atoms with Crippen molar-refractivity contribution in [2.75, 3.05) is 0 Å². The smallest absolute Gasteiger partial charge is 0.241 e. The number of benzene rings is 1. The molecule has 1 aromatic carbocycles. The van der Waals surface area contributed by atoms with Crippen molar-refractivity contribution in [1.82, 2.24) is 9.99 Å². The molecule has 0 radical (unpaired) electrons. The molecule has 0 aliphatic heterocycles. The summed E-state index contributed by atoms with van der Waals surface area (Å²) in [7, 11) is 0. The average molecular weight is 310 g/mol. The fourth-order valence-corrected chi connectivity index (χ4v) is 2.50. The Balaban J connectivity index is 2.39. The molecule has 0 bridgehead atoms. The minimum atomic E-state index is -0.553. The quantitative estimate of drug-likeness (QED) is 0.519. The molecule has 1 heterocycles. The van der Waals surface area contributed by atoms with Crippen molar-refractivity contribution in [3.8, 4) is 0 Å². The van der Waals surface area contributed by atoms with Crippen LogP contribution in [-0.4, -0.2) is 10.5 Å². The van der Waals surface area contributed by atoms with E-state index in [9.17, 15) is 4.79 Å². The first-order valence-electron chi connectivity index (χ1n) is 5.70. The highest BCUT2D eigenvalue weighted by molar-refractivity contribution is 9.10. The highest BCUT2D eigenvalue weighted by Crippen LogP contribution is 2.27. The number of halogens is 1. The molecule has 2 rings (SSSR count). The molecular weight excluding hydrogens is 294 g/mol. The molecule has 96 valence electrons. The van der Waals surface area contributed by atoms with E-state index in [0.717, 1.165) is 15.4 Å². The Morgan fingerprint density at radius 2 is 2.17 bits per heavy atom. The van der Waals surface area contributed by atoms with Crippen LogP contribution in [0.15, 0.2) is 34.9 Å². The van der Waals surface area contributed by atoms with Gasteiger partial charge in [-0.05, 0) is 32.0 Å². The summed E-state index contributed by atoms with van der Waals surface area (Å²) >= 11 is 3.52. The van der Waals surface area contributed by atoms with Gasteiger partial charge in [0.1, 0.15) is 0 Å². The summed E-state index contributed by atoms with van der Waals surface area (Å²) in [4.78, 5) is 11.7. The zero-order valence-electron chi connectivity index (χ0n) is 10.4. The Labute approximate surface area is 114 Å². The van der Waals surface area contributed by atoms with Gasteiger partial charge < -0.3 is 4.57 Å². The van der Waals surface area contributed by atoms with Gasteiger partial charge >= 0.3 is 0 Å². The molecule has 3 N–H and O–H groups in total. The number of aromatic nitrogens is 1. The fraction of sp³-hybridized carbons (Fsp3) is 0.308. The number of nitrogens with one attached hydrogen (secondary N) is 1. The van der Waals surface area contributed by atoms with Crippen LogP contribution in [0.1, 0.15) is 13.8 Å². The van der Waals surface area contributed by atoms with E-state index in [0.29, 0.717) is 6.54 Å². The molecule has 5 heteroatoms. The van der Waals surface area contributed by atoms with E-state index in [-0.39, 0.29) is 5.91 Å². The van der Waals surface area contributed by atoms with Crippen molar-refractivity contribution in [2.24, 2.45) is 11.3 Å². The van der Waals surface area contributed by atoms with Gasteiger partial charge in [0.05, 0.1) is 5.41 Å². The van der Waals surface area contributed by atoms with E-state index in [1.165, 1.54) is 0 Å². The van der Waals surface area contributed by atoms with Crippen LogP contribution in [0.2, 0.25) is 0 Å². The van der Waals surface area contributed by atoms with E-state index in [4.69, 9.17) is 5.84 Å². The first kappa shape index (κ1) is 13.1. The van der Waals surface area contributed by atoms with Gasteiger partial charge in [-0.25, -0.2) is 5.84 Å². The van der Waals surface area contributed by atoms with Crippen molar-refractivity contribution in [2.45, 2.75) is 20.4 Å². The molecule has 0 spiro atoms. The number of amides is 1. The van der Waals surface area contributed by atoms with E-state index < -0.39 is 5.41 Å². The predicted molar refractivity (Wildman–Crippen MR) is 75.7 cm³/mol. The summed E-state index contributed by atoms with van der Waals surface area (Å²) in [5.41, 5.74) is 2.76. The van der Waals surface area contributed by atoms with Gasteiger partial charge in [0.2, 0.25) is 5.91 Å². The fourth-order valence-electron chi connectivity index (χ4n) is 2.02. The summed E-state index contributed by atoms with van der Waals surface area (Å²) in [5, 5.41) is 1.14. The van der Waals surface area contributed by atoms with Gasteiger partial charge in [0, 0.05) is 28.1 Å². The molecule has 0 unspecified atom stereocenters. The van der Waals surface area contributed by atoms with Crippen molar-refractivity contribution in [3.05, 3.63) is 34.9 Å². The molecule has 0 fully saturated rings. The third-order valence-corrected chi connectivity index (χ3v) is 3.76. The maximum atomic E-state index is 11.7. The van der Waals surface area contributed by atoms with E-state index in [2.05, 4.69) is 25.9 Å². The molecular formula is C13H16BrN3O. The van der Waals surface area contributed by atoms with Crippen LogP contribution in [0.4, 0.5) is 0 Å². The van der Waals surface area contributed by atoms with Crippen LogP contribution in [0.5, 0.6) is 0 Å². The Bertz CT molecular complexity index is 589. The zero-order chi connectivity index (χ0) is 13.3. The maximum absolute atomic E-state index is 11.7. The predicted octanol–water partition coefficient (Wildman–Crippen LogP) is 2.42. The van der Waals surface area contributed by atoms with Gasteiger partial charge in [-0.15, -0.1) is 0 Å². The summed E-state index contributed by atoms with van der Waals surface area (Å²) in [6, 6.07) is 8.07. The first-order chi connectivity index (χ1) is 8.45. The largest absolute Gasteiger partial charge is 0.346 e. The molecule has 0 aliphatic carbocycles. The lowest BCUT2D eigenvalue weighted by Crippen LogP contribution is -2.43. The van der Waals surface area contributed by atoms with Crippen LogP contribution in [0, 0.1) is 5.41 Å². The molecule has 0 saturated carbocycles. The molecule has 18 heavy (non-hydrogen) atoms. The second-order valence-electron chi connectivity index (χ2n) is 4.97. The number of nitrogens with two attached hydrogens (primary N) is 1. The first-order valence-corrected chi connectivity index (χ1v) is 6.49. The van der Waals surface area contributed by atoms with Gasteiger partial charge in [-0.2, -0.15) is 0 Å². The minimum Gasteiger partial charge on any atom is -0.346 e. The van der Waals surface area contributed by atoms with Gasteiger partial charge in [0.15, 0.2) is 0 Å². The number of rotatable bonds is 3. The molecule has 0 atom stereocenters. The second kappa shape index (κ2) is 4.74. The summed E-state index contributed by atoms with van der Waals surface area (Å²) in [6.07, 6.45) is 1.99. The van der Waals surface area contributed by atoms with Gasteiger partial charge in [0.25, 0.3) is 0 Å². The number of hydrazine groups is 1. The molecule has 0 aliphatic rings. The molecule has 2 aromatic rings. The number of nitrogens with zero attached hydrogens (tertiary/aromatic N) is 1. The van der Waals surface area contributed by atoms with Crippen LogP contribution >= 0.6 is 15.9 Å². The van der Waals surface area contributed by atoms with Crippen LogP contribution in [0.25, 0.3) is 10.9 Å².